The van der Waals surface area contributed by atoms with Crippen molar-refractivity contribution in [1.82, 2.24) is 5.43 Å². The number of halogens is 3. The van der Waals surface area contributed by atoms with E-state index in [-0.39, 0.29) is 21.6 Å². The molecule has 27 heavy (non-hydrogen) atoms. The molecule has 0 aliphatic rings. The molecule has 144 valence electrons. The smallest absolute Gasteiger partial charge is 0.387 e. The summed E-state index contributed by atoms with van der Waals surface area (Å²) in [5, 5.41) is 7.13. The number of hydrazone groups is 1. The zero-order valence-electron chi connectivity index (χ0n) is 14.3. The highest BCUT2D eigenvalue weighted by Gasteiger charge is 2.15. The van der Waals surface area contributed by atoms with E-state index in [0.29, 0.717) is 11.3 Å². The molecule has 0 spiro atoms. The van der Waals surface area contributed by atoms with Crippen LogP contribution in [0.25, 0.3) is 0 Å². The normalized spacial score (nSPS) is 10.7. The number of benzene rings is 2. The molecule has 0 aromatic heterocycles. The third-order valence-electron chi connectivity index (χ3n) is 3.17. The first kappa shape index (κ1) is 20.7. The number of nitrogens with zero attached hydrogens (tertiary/aromatic N) is 1. The van der Waals surface area contributed by atoms with Crippen molar-refractivity contribution in [2.24, 2.45) is 5.10 Å². The van der Waals surface area contributed by atoms with E-state index in [1.807, 2.05) is 12.1 Å². The van der Waals surface area contributed by atoms with E-state index in [2.05, 4.69) is 20.6 Å². The molecule has 0 atom stereocenters. The number of anilines is 1. The van der Waals surface area contributed by atoms with Gasteiger partial charge in [-0.1, -0.05) is 17.7 Å². The molecule has 0 aliphatic carbocycles. The number of hydrogen-bond donors (Lipinski definition) is 2. The fourth-order valence-corrected chi connectivity index (χ4v) is 2.48. The van der Waals surface area contributed by atoms with Crippen LogP contribution in [-0.2, 0) is 0 Å². The largest absolute Gasteiger partial charge is 0.497 e. The molecular weight excluding hydrogens is 400 g/mol. The van der Waals surface area contributed by atoms with E-state index in [1.165, 1.54) is 25.5 Å². The van der Waals surface area contributed by atoms with Crippen LogP contribution >= 0.6 is 23.8 Å². The highest BCUT2D eigenvalue weighted by atomic mass is 35.5. The number of ether oxygens (including phenoxy) is 3. The SMILES string of the molecule is COc1cccc(NC(=S)N/N=C\c2cc(Cl)c(OC(F)F)c(OC)c2)c1. The number of alkyl halides is 2. The quantitative estimate of drug-likeness (QED) is 0.400. The van der Waals surface area contributed by atoms with Gasteiger partial charge in [-0.3, -0.25) is 5.43 Å². The Morgan fingerprint density at radius 3 is 2.67 bits per heavy atom. The summed E-state index contributed by atoms with van der Waals surface area (Å²) in [6, 6.07) is 10.1. The van der Waals surface area contributed by atoms with E-state index in [1.54, 1.807) is 19.2 Å². The summed E-state index contributed by atoms with van der Waals surface area (Å²) in [6.45, 7) is -3.02. The summed E-state index contributed by atoms with van der Waals surface area (Å²) in [4.78, 5) is 0. The summed E-state index contributed by atoms with van der Waals surface area (Å²) >= 11 is 11.1. The molecule has 0 radical (unpaired) electrons. The maximum absolute atomic E-state index is 12.4. The van der Waals surface area contributed by atoms with Gasteiger partial charge in [0.2, 0.25) is 0 Å². The van der Waals surface area contributed by atoms with Gasteiger partial charge in [-0.15, -0.1) is 0 Å². The first-order chi connectivity index (χ1) is 12.9. The second-order valence-electron chi connectivity index (χ2n) is 4.97. The lowest BCUT2D eigenvalue weighted by Gasteiger charge is -2.12. The van der Waals surface area contributed by atoms with Crippen molar-refractivity contribution in [3.63, 3.8) is 0 Å². The lowest BCUT2D eigenvalue weighted by atomic mass is 10.2. The molecule has 0 saturated heterocycles. The molecule has 0 bridgehead atoms. The summed E-state index contributed by atoms with van der Waals surface area (Å²) in [5.41, 5.74) is 3.85. The highest BCUT2D eigenvalue weighted by Crippen LogP contribution is 2.37. The van der Waals surface area contributed by atoms with Gasteiger partial charge in [0.1, 0.15) is 5.75 Å². The van der Waals surface area contributed by atoms with Gasteiger partial charge in [-0.2, -0.15) is 13.9 Å². The van der Waals surface area contributed by atoms with E-state index < -0.39 is 6.61 Å². The van der Waals surface area contributed by atoms with Crippen LogP contribution in [0.3, 0.4) is 0 Å². The fourth-order valence-electron chi connectivity index (χ4n) is 2.04. The molecule has 0 fully saturated rings. The van der Waals surface area contributed by atoms with Gasteiger partial charge in [0.25, 0.3) is 0 Å². The second-order valence-corrected chi connectivity index (χ2v) is 5.78. The summed E-state index contributed by atoms with van der Waals surface area (Å²) < 4.78 is 39.4. The Hall–Kier alpha value is -2.65. The van der Waals surface area contributed by atoms with Crippen molar-refractivity contribution in [1.29, 1.82) is 0 Å². The molecule has 2 N–H and O–H groups in total. The number of rotatable bonds is 7. The zero-order valence-corrected chi connectivity index (χ0v) is 15.9. The Bertz CT molecular complexity index is 837. The molecule has 2 rings (SSSR count). The number of thiocarbonyl (C=S) groups is 1. The molecule has 0 saturated carbocycles. The van der Waals surface area contributed by atoms with Crippen molar-refractivity contribution in [3.05, 3.63) is 47.0 Å². The van der Waals surface area contributed by atoms with E-state index in [0.717, 1.165) is 5.69 Å². The fraction of sp³-hybridized carbons (Fsp3) is 0.176. The Balaban J connectivity index is 2.02. The predicted molar refractivity (Wildman–Crippen MR) is 105 cm³/mol. The van der Waals surface area contributed by atoms with Gasteiger partial charge in [-0.05, 0) is 42.0 Å². The van der Waals surface area contributed by atoms with Crippen molar-refractivity contribution in [3.8, 4) is 17.2 Å². The van der Waals surface area contributed by atoms with Gasteiger partial charge < -0.3 is 19.5 Å². The first-order valence-corrected chi connectivity index (χ1v) is 8.28. The van der Waals surface area contributed by atoms with Crippen molar-refractivity contribution >= 4 is 40.8 Å². The molecule has 10 heteroatoms. The van der Waals surface area contributed by atoms with Crippen molar-refractivity contribution in [2.75, 3.05) is 19.5 Å². The third kappa shape index (κ3) is 6.22. The maximum atomic E-state index is 12.4. The first-order valence-electron chi connectivity index (χ1n) is 7.49. The van der Waals surface area contributed by atoms with E-state index in [9.17, 15) is 8.78 Å². The number of hydrogen-bond acceptors (Lipinski definition) is 5. The van der Waals surface area contributed by atoms with Crippen molar-refractivity contribution in [2.45, 2.75) is 6.61 Å². The Morgan fingerprint density at radius 1 is 1.22 bits per heavy atom. The van der Waals surface area contributed by atoms with Gasteiger partial charge >= 0.3 is 6.61 Å². The van der Waals surface area contributed by atoms with Gasteiger partial charge in [0.05, 0.1) is 25.5 Å². The van der Waals surface area contributed by atoms with Crippen LogP contribution < -0.4 is 25.0 Å². The number of methoxy groups -OCH3 is 2. The van der Waals surface area contributed by atoms with E-state index in [4.69, 9.17) is 33.3 Å². The lowest BCUT2D eigenvalue weighted by Crippen LogP contribution is -2.23. The summed E-state index contributed by atoms with van der Waals surface area (Å²) in [5.74, 6) is 0.495. The molecule has 0 aliphatic heterocycles. The minimum absolute atomic E-state index is 0.0341. The third-order valence-corrected chi connectivity index (χ3v) is 3.64. The van der Waals surface area contributed by atoms with Crippen LogP contribution in [0.5, 0.6) is 17.2 Å². The van der Waals surface area contributed by atoms with Crippen LogP contribution in [0.1, 0.15) is 5.56 Å². The molecule has 0 unspecified atom stereocenters. The topological polar surface area (TPSA) is 64.1 Å². The Morgan fingerprint density at radius 2 is 2.00 bits per heavy atom. The monoisotopic (exact) mass is 415 g/mol. The summed E-state index contributed by atoms with van der Waals surface area (Å²) in [6.07, 6.45) is 1.40. The van der Waals surface area contributed by atoms with Crippen LogP contribution in [0.4, 0.5) is 14.5 Å². The molecule has 0 heterocycles. The van der Waals surface area contributed by atoms with Gasteiger partial charge in [0.15, 0.2) is 16.6 Å². The highest BCUT2D eigenvalue weighted by molar-refractivity contribution is 7.80. The molecular formula is C17H16ClF2N3O3S. The molecule has 2 aromatic carbocycles. The molecule has 0 amide bonds. The van der Waals surface area contributed by atoms with Crippen molar-refractivity contribution < 1.29 is 23.0 Å². The predicted octanol–water partition coefficient (Wildman–Crippen LogP) is 4.28. The maximum Gasteiger partial charge on any atom is 0.387 e. The summed E-state index contributed by atoms with van der Waals surface area (Å²) in [7, 11) is 2.88. The van der Waals surface area contributed by atoms with Gasteiger partial charge in [0, 0.05) is 11.8 Å². The van der Waals surface area contributed by atoms with E-state index >= 15 is 0 Å². The minimum Gasteiger partial charge on any atom is -0.497 e. The van der Waals surface area contributed by atoms with Crippen LogP contribution in [0.15, 0.2) is 41.5 Å². The van der Waals surface area contributed by atoms with Crippen LogP contribution in [-0.4, -0.2) is 32.2 Å². The lowest BCUT2D eigenvalue weighted by molar-refractivity contribution is -0.0511. The Kier molecular flexibility index (Phi) is 7.56. The second kappa shape index (κ2) is 9.89. The molecule has 6 nitrogen and oxygen atoms in total. The van der Waals surface area contributed by atoms with Gasteiger partial charge in [-0.25, -0.2) is 0 Å². The van der Waals surface area contributed by atoms with Crippen LogP contribution in [0.2, 0.25) is 5.02 Å². The number of nitrogens with one attached hydrogen (secondary N) is 2. The standard InChI is InChI=1S/C17H16ClF2N3O3S/c1-24-12-5-3-4-11(8-12)22-17(27)23-21-9-10-6-13(18)15(26-16(19)20)14(7-10)25-2/h3-9,16H,1-2H3,(H2,22,23,27)/b21-9-. The Labute approximate surface area is 165 Å². The molecule has 2 aromatic rings. The zero-order chi connectivity index (χ0) is 19.8. The minimum atomic E-state index is -3.02. The average molecular weight is 416 g/mol. The van der Waals surface area contributed by atoms with Crippen LogP contribution in [0, 0.1) is 0 Å². The average Bonchev–Trinajstić information content (AvgIpc) is 2.63.